The van der Waals surface area contributed by atoms with Gasteiger partial charge in [0.15, 0.2) is 0 Å². The second-order valence-electron chi connectivity index (χ2n) is 6.87. The van der Waals surface area contributed by atoms with E-state index < -0.39 is 0 Å². The first kappa shape index (κ1) is 18.5. The molecular weight excluding hydrogens is 363 g/mol. The van der Waals surface area contributed by atoms with E-state index in [1.165, 1.54) is 0 Å². The minimum Gasteiger partial charge on any atom is -0.384 e. The molecule has 3 rings (SSSR count). The number of amides is 2. The Morgan fingerprint density at radius 1 is 1.36 bits per heavy atom. The highest BCUT2D eigenvalue weighted by molar-refractivity contribution is 6.35. The molecule has 1 saturated heterocycles. The van der Waals surface area contributed by atoms with Crippen molar-refractivity contribution in [1.82, 2.24) is 10.6 Å². The number of ether oxygens (including phenoxy) is 1. The third-order valence-electron chi connectivity index (χ3n) is 5.19. The molecule has 4 unspecified atom stereocenters. The summed E-state index contributed by atoms with van der Waals surface area (Å²) in [4.78, 5) is 24.5. The van der Waals surface area contributed by atoms with Crippen LogP contribution >= 0.6 is 23.2 Å². The van der Waals surface area contributed by atoms with Gasteiger partial charge in [0.1, 0.15) is 0 Å². The molecule has 136 valence electrons. The Bertz CT molecular complexity index is 668. The lowest BCUT2D eigenvalue weighted by atomic mass is 9.71. The second-order valence-corrected chi connectivity index (χ2v) is 7.71. The minimum atomic E-state index is -0.230. The Morgan fingerprint density at radius 3 is 2.92 bits per heavy atom. The van der Waals surface area contributed by atoms with Crippen molar-refractivity contribution in [2.75, 3.05) is 13.7 Å². The van der Waals surface area contributed by atoms with Crippen LogP contribution in [0.3, 0.4) is 0 Å². The lowest BCUT2D eigenvalue weighted by Gasteiger charge is -2.43. The molecule has 1 aliphatic carbocycles. The van der Waals surface area contributed by atoms with Crippen molar-refractivity contribution in [3.05, 3.63) is 33.8 Å². The highest BCUT2D eigenvalue weighted by Crippen LogP contribution is 2.35. The maximum Gasteiger partial charge on any atom is 0.253 e. The normalized spacial score (nSPS) is 28.8. The van der Waals surface area contributed by atoms with E-state index in [0.717, 1.165) is 19.3 Å². The molecule has 1 aromatic rings. The van der Waals surface area contributed by atoms with Crippen LogP contribution in [0.5, 0.6) is 0 Å². The average molecular weight is 385 g/mol. The van der Waals surface area contributed by atoms with Gasteiger partial charge in [0.25, 0.3) is 5.91 Å². The number of piperidine rings is 1. The summed E-state index contributed by atoms with van der Waals surface area (Å²) >= 11 is 12.1. The van der Waals surface area contributed by atoms with Crippen molar-refractivity contribution in [3.8, 4) is 0 Å². The van der Waals surface area contributed by atoms with E-state index in [1.54, 1.807) is 25.3 Å². The molecule has 7 heteroatoms. The quantitative estimate of drug-likeness (QED) is 0.837. The molecular formula is C18H22Cl2N2O3. The van der Waals surface area contributed by atoms with E-state index >= 15 is 0 Å². The van der Waals surface area contributed by atoms with Gasteiger partial charge in [-0.1, -0.05) is 23.2 Å². The molecule has 5 nitrogen and oxygen atoms in total. The lowest BCUT2D eigenvalue weighted by Crippen LogP contribution is -2.56. The van der Waals surface area contributed by atoms with E-state index in [1.807, 2.05) is 0 Å². The van der Waals surface area contributed by atoms with Crippen LogP contribution in [0.2, 0.25) is 10.0 Å². The van der Waals surface area contributed by atoms with E-state index in [0.29, 0.717) is 34.6 Å². The molecule has 2 N–H and O–H groups in total. The van der Waals surface area contributed by atoms with Gasteiger partial charge in [-0.05, 0) is 49.3 Å². The second kappa shape index (κ2) is 7.94. The summed E-state index contributed by atoms with van der Waals surface area (Å²) in [6.07, 6.45) is 3.07. The lowest BCUT2D eigenvalue weighted by molar-refractivity contribution is -0.128. The molecule has 1 heterocycles. The Balaban J connectivity index is 1.65. The van der Waals surface area contributed by atoms with Crippen molar-refractivity contribution in [1.29, 1.82) is 0 Å². The van der Waals surface area contributed by atoms with Crippen molar-refractivity contribution >= 4 is 35.0 Å². The van der Waals surface area contributed by atoms with Crippen molar-refractivity contribution in [3.63, 3.8) is 0 Å². The fourth-order valence-corrected chi connectivity index (χ4v) is 4.42. The van der Waals surface area contributed by atoms with Gasteiger partial charge in [0.2, 0.25) is 5.91 Å². The van der Waals surface area contributed by atoms with Gasteiger partial charge in [0.05, 0.1) is 10.6 Å². The third kappa shape index (κ3) is 4.27. The smallest absolute Gasteiger partial charge is 0.253 e. The number of carbonyl (C=O) groups is 2. The van der Waals surface area contributed by atoms with Gasteiger partial charge in [-0.25, -0.2) is 0 Å². The molecule has 25 heavy (non-hydrogen) atoms. The maximum atomic E-state index is 12.5. The number of hydrogen-bond donors (Lipinski definition) is 2. The fourth-order valence-electron chi connectivity index (χ4n) is 4.04. The summed E-state index contributed by atoms with van der Waals surface area (Å²) in [6, 6.07) is 4.92. The largest absolute Gasteiger partial charge is 0.384 e. The van der Waals surface area contributed by atoms with Gasteiger partial charge >= 0.3 is 0 Å². The number of hydrogen-bond acceptors (Lipinski definition) is 3. The maximum absolute atomic E-state index is 12.5. The summed E-state index contributed by atoms with van der Waals surface area (Å²) < 4.78 is 5.28. The number of nitrogens with one attached hydrogen (secondary N) is 2. The van der Waals surface area contributed by atoms with Gasteiger partial charge < -0.3 is 15.4 Å². The summed E-state index contributed by atoms with van der Waals surface area (Å²) in [7, 11) is 1.67. The summed E-state index contributed by atoms with van der Waals surface area (Å²) in [5, 5.41) is 6.96. The van der Waals surface area contributed by atoms with Crippen LogP contribution < -0.4 is 10.6 Å². The first-order chi connectivity index (χ1) is 12.0. The van der Waals surface area contributed by atoms with Crippen molar-refractivity contribution in [2.24, 2.45) is 11.8 Å². The predicted octanol–water partition coefficient (Wildman–Crippen LogP) is 3.04. The highest BCUT2D eigenvalue weighted by atomic mass is 35.5. The molecule has 1 aromatic carbocycles. The Kier molecular flexibility index (Phi) is 5.87. The Hall–Kier alpha value is -1.30. The van der Waals surface area contributed by atoms with E-state index in [9.17, 15) is 9.59 Å². The van der Waals surface area contributed by atoms with Crippen LogP contribution in [0, 0.1) is 11.8 Å². The number of fused-ring (bicyclic) bond motifs is 1. The van der Waals surface area contributed by atoms with E-state index in [4.69, 9.17) is 27.9 Å². The first-order valence-electron chi connectivity index (χ1n) is 8.52. The van der Waals surface area contributed by atoms with Crippen LogP contribution in [0.15, 0.2) is 18.2 Å². The van der Waals surface area contributed by atoms with Gasteiger partial charge in [-0.2, -0.15) is 0 Å². The average Bonchev–Trinajstić information content (AvgIpc) is 2.56. The summed E-state index contributed by atoms with van der Waals surface area (Å²) in [6.45, 7) is 0.601. The zero-order chi connectivity index (χ0) is 18.0. The molecule has 0 spiro atoms. The molecule has 4 atom stereocenters. The Labute approximate surface area is 157 Å². The zero-order valence-electron chi connectivity index (χ0n) is 14.1. The number of benzene rings is 1. The molecule has 0 radical (unpaired) electrons. The highest BCUT2D eigenvalue weighted by Gasteiger charge is 2.41. The minimum absolute atomic E-state index is 0.00499. The molecule has 1 aliphatic heterocycles. The predicted molar refractivity (Wildman–Crippen MR) is 97.0 cm³/mol. The van der Waals surface area contributed by atoms with Crippen LogP contribution in [0.25, 0.3) is 0 Å². The molecule has 0 aromatic heterocycles. The van der Waals surface area contributed by atoms with E-state index in [2.05, 4.69) is 10.6 Å². The first-order valence-corrected chi connectivity index (χ1v) is 9.27. The van der Waals surface area contributed by atoms with E-state index in [-0.39, 0.29) is 29.8 Å². The van der Waals surface area contributed by atoms with Crippen LogP contribution in [-0.4, -0.2) is 37.6 Å². The molecule has 1 saturated carbocycles. The number of methoxy groups -OCH3 is 1. The van der Waals surface area contributed by atoms with Gasteiger partial charge in [-0.3, -0.25) is 9.59 Å². The topological polar surface area (TPSA) is 67.4 Å². The fraction of sp³-hybridized carbons (Fsp3) is 0.556. The zero-order valence-corrected chi connectivity index (χ0v) is 15.6. The van der Waals surface area contributed by atoms with Gasteiger partial charge in [0, 0.05) is 37.2 Å². The third-order valence-corrected chi connectivity index (χ3v) is 5.76. The molecule has 2 amide bonds. The van der Waals surface area contributed by atoms with Crippen molar-refractivity contribution in [2.45, 2.75) is 37.8 Å². The number of carbonyl (C=O) groups excluding carboxylic acids is 2. The summed E-state index contributed by atoms with van der Waals surface area (Å²) in [5.41, 5.74) is 0.376. The SMILES string of the molecule is COCC1CC(=O)NC2CC(NC(=O)c3cc(Cl)ccc3Cl)CCC12. The van der Waals surface area contributed by atoms with Crippen LogP contribution in [0.1, 0.15) is 36.0 Å². The number of rotatable bonds is 4. The number of halogens is 2. The standard InChI is InChI=1S/C18H22Cl2N2O3/c1-25-9-10-6-17(23)22-16-8-12(3-4-13(10)16)21-18(24)14-7-11(19)2-5-15(14)20/h2,5,7,10,12-13,16H,3-4,6,8-9H2,1H3,(H,21,24)(H,22,23). The van der Waals surface area contributed by atoms with Crippen molar-refractivity contribution < 1.29 is 14.3 Å². The van der Waals surface area contributed by atoms with Crippen LogP contribution in [0.4, 0.5) is 0 Å². The van der Waals surface area contributed by atoms with Gasteiger partial charge in [-0.15, -0.1) is 0 Å². The summed E-state index contributed by atoms with van der Waals surface area (Å²) in [5.74, 6) is 0.489. The molecule has 2 aliphatic rings. The Morgan fingerprint density at radius 2 is 2.16 bits per heavy atom. The molecule has 0 bridgehead atoms. The monoisotopic (exact) mass is 384 g/mol. The van der Waals surface area contributed by atoms with Crippen LogP contribution in [-0.2, 0) is 9.53 Å². The molecule has 2 fully saturated rings.